The largest absolute Gasteiger partial charge is 0.348 e. The highest BCUT2D eigenvalue weighted by Gasteiger charge is 2.29. The fourth-order valence-electron chi connectivity index (χ4n) is 2.94. The molecule has 0 radical (unpaired) electrons. The van der Waals surface area contributed by atoms with Crippen molar-refractivity contribution in [2.45, 2.75) is 97.2 Å². The normalized spacial score (nSPS) is 18.0. The van der Waals surface area contributed by atoms with E-state index in [1.807, 2.05) is 0 Å². The molecular weight excluding hydrogens is 248 g/mol. The SMILES string of the molecule is CC(C)CCCCCCCCCCCC1(C)OCCO1. The van der Waals surface area contributed by atoms with E-state index < -0.39 is 0 Å². The standard InChI is InChI=1S/C18H36O2/c1-17(2)13-11-9-7-5-4-6-8-10-12-14-18(3)19-15-16-20-18/h17H,4-16H2,1-3H3. The van der Waals surface area contributed by atoms with Gasteiger partial charge in [-0.1, -0.05) is 71.6 Å². The number of hydrogen-bond donors (Lipinski definition) is 0. The first-order valence-corrected chi connectivity index (χ1v) is 8.90. The van der Waals surface area contributed by atoms with Crippen molar-refractivity contribution in [3.63, 3.8) is 0 Å². The third-order valence-electron chi connectivity index (χ3n) is 4.31. The van der Waals surface area contributed by atoms with Crippen LogP contribution in [0.5, 0.6) is 0 Å². The maximum Gasteiger partial charge on any atom is 0.165 e. The van der Waals surface area contributed by atoms with Crippen molar-refractivity contribution in [1.29, 1.82) is 0 Å². The van der Waals surface area contributed by atoms with E-state index in [4.69, 9.17) is 9.47 Å². The molecule has 1 heterocycles. The van der Waals surface area contributed by atoms with Crippen LogP contribution >= 0.6 is 0 Å². The number of hydrogen-bond acceptors (Lipinski definition) is 2. The van der Waals surface area contributed by atoms with Gasteiger partial charge in [-0.3, -0.25) is 0 Å². The Balaban J connectivity index is 1.76. The van der Waals surface area contributed by atoms with Crippen LogP contribution in [0.25, 0.3) is 0 Å². The average molecular weight is 284 g/mol. The molecule has 0 aromatic heterocycles. The van der Waals surface area contributed by atoms with Gasteiger partial charge in [0.15, 0.2) is 5.79 Å². The van der Waals surface area contributed by atoms with Gasteiger partial charge in [-0.2, -0.15) is 0 Å². The smallest absolute Gasteiger partial charge is 0.165 e. The van der Waals surface area contributed by atoms with Gasteiger partial charge < -0.3 is 9.47 Å². The lowest BCUT2D eigenvalue weighted by Gasteiger charge is -2.21. The molecule has 20 heavy (non-hydrogen) atoms. The molecule has 0 aliphatic carbocycles. The monoisotopic (exact) mass is 284 g/mol. The molecule has 1 aliphatic rings. The second-order valence-electron chi connectivity index (χ2n) is 6.95. The molecule has 2 nitrogen and oxygen atoms in total. The Labute approximate surface area is 126 Å². The highest BCUT2D eigenvalue weighted by Crippen LogP contribution is 2.25. The van der Waals surface area contributed by atoms with E-state index >= 15 is 0 Å². The zero-order valence-electron chi connectivity index (χ0n) is 14.1. The van der Waals surface area contributed by atoms with Crippen LogP contribution in [0.3, 0.4) is 0 Å². The lowest BCUT2D eigenvalue weighted by atomic mass is 10.0. The molecule has 0 aromatic carbocycles. The zero-order valence-corrected chi connectivity index (χ0v) is 14.1. The minimum atomic E-state index is -0.267. The molecule has 0 saturated carbocycles. The van der Waals surface area contributed by atoms with E-state index in [9.17, 15) is 0 Å². The van der Waals surface area contributed by atoms with E-state index in [1.54, 1.807) is 0 Å². The molecule has 1 fully saturated rings. The molecule has 120 valence electrons. The minimum Gasteiger partial charge on any atom is -0.348 e. The van der Waals surface area contributed by atoms with Gasteiger partial charge in [-0.05, 0) is 19.3 Å². The van der Waals surface area contributed by atoms with E-state index in [0.29, 0.717) is 0 Å². The Morgan fingerprint density at radius 1 is 0.750 bits per heavy atom. The Hall–Kier alpha value is -0.0800. The quantitative estimate of drug-likeness (QED) is 0.428. The van der Waals surface area contributed by atoms with E-state index in [2.05, 4.69) is 20.8 Å². The zero-order chi connectivity index (χ0) is 14.7. The second-order valence-corrected chi connectivity index (χ2v) is 6.95. The Morgan fingerprint density at radius 3 is 1.70 bits per heavy atom. The summed E-state index contributed by atoms with van der Waals surface area (Å²) < 4.78 is 11.2. The Kier molecular flexibility index (Phi) is 9.54. The predicted molar refractivity (Wildman–Crippen MR) is 85.9 cm³/mol. The molecule has 1 aliphatic heterocycles. The fourth-order valence-corrected chi connectivity index (χ4v) is 2.94. The molecule has 2 heteroatoms. The summed E-state index contributed by atoms with van der Waals surface area (Å²) in [4.78, 5) is 0. The van der Waals surface area contributed by atoms with Crippen molar-refractivity contribution in [3.05, 3.63) is 0 Å². The van der Waals surface area contributed by atoms with Crippen LogP contribution in [0.4, 0.5) is 0 Å². The van der Waals surface area contributed by atoms with Crippen molar-refractivity contribution in [2.24, 2.45) is 5.92 Å². The van der Waals surface area contributed by atoms with Crippen molar-refractivity contribution < 1.29 is 9.47 Å². The summed E-state index contributed by atoms with van der Waals surface area (Å²) in [7, 11) is 0. The van der Waals surface area contributed by atoms with E-state index in [0.717, 1.165) is 25.6 Å². The molecule has 0 bridgehead atoms. The highest BCUT2D eigenvalue weighted by atomic mass is 16.7. The molecule has 1 rings (SSSR count). The van der Waals surface area contributed by atoms with Gasteiger partial charge >= 0.3 is 0 Å². The van der Waals surface area contributed by atoms with E-state index in [1.165, 1.54) is 64.2 Å². The van der Waals surface area contributed by atoms with Crippen molar-refractivity contribution >= 4 is 0 Å². The summed E-state index contributed by atoms with van der Waals surface area (Å²) in [5.74, 6) is 0.612. The highest BCUT2D eigenvalue weighted by molar-refractivity contribution is 4.67. The van der Waals surface area contributed by atoms with Crippen LogP contribution in [0.15, 0.2) is 0 Å². The van der Waals surface area contributed by atoms with Gasteiger partial charge in [-0.15, -0.1) is 0 Å². The van der Waals surface area contributed by atoms with Gasteiger partial charge in [0.1, 0.15) is 0 Å². The number of unbranched alkanes of at least 4 members (excludes halogenated alkanes) is 8. The van der Waals surface area contributed by atoms with Crippen LogP contribution in [0.2, 0.25) is 0 Å². The Morgan fingerprint density at radius 2 is 1.20 bits per heavy atom. The maximum absolute atomic E-state index is 5.62. The third kappa shape index (κ3) is 8.97. The van der Waals surface area contributed by atoms with Gasteiger partial charge in [-0.25, -0.2) is 0 Å². The van der Waals surface area contributed by atoms with Crippen molar-refractivity contribution in [2.75, 3.05) is 13.2 Å². The summed E-state index contributed by atoms with van der Waals surface area (Å²) in [6.45, 7) is 8.27. The van der Waals surface area contributed by atoms with Gasteiger partial charge in [0.25, 0.3) is 0 Å². The van der Waals surface area contributed by atoms with Gasteiger partial charge in [0, 0.05) is 6.42 Å². The summed E-state index contributed by atoms with van der Waals surface area (Å²) in [5.41, 5.74) is 0. The number of ether oxygens (including phenoxy) is 2. The molecule has 0 aromatic rings. The molecule has 0 atom stereocenters. The van der Waals surface area contributed by atoms with Gasteiger partial charge in [0.2, 0.25) is 0 Å². The lowest BCUT2D eigenvalue weighted by Crippen LogP contribution is -2.24. The molecular formula is C18H36O2. The average Bonchev–Trinajstić information content (AvgIpc) is 2.83. The van der Waals surface area contributed by atoms with Crippen molar-refractivity contribution in [3.8, 4) is 0 Å². The topological polar surface area (TPSA) is 18.5 Å². The minimum absolute atomic E-state index is 0.267. The summed E-state index contributed by atoms with van der Waals surface area (Å²) in [5, 5.41) is 0. The van der Waals surface area contributed by atoms with Crippen LogP contribution in [-0.2, 0) is 9.47 Å². The molecule has 0 unspecified atom stereocenters. The molecule has 0 spiro atoms. The van der Waals surface area contributed by atoms with Crippen LogP contribution in [-0.4, -0.2) is 19.0 Å². The summed E-state index contributed by atoms with van der Waals surface area (Å²) in [6.07, 6.45) is 15.0. The first-order chi connectivity index (χ1) is 9.62. The maximum atomic E-state index is 5.62. The molecule has 1 saturated heterocycles. The third-order valence-corrected chi connectivity index (χ3v) is 4.31. The predicted octanol–water partition coefficient (Wildman–Crippen LogP) is 5.70. The Bertz CT molecular complexity index is 219. The summed E-state index contributed by atoms with van der Waals surface area (Å²) >= 11 is 0. The van der Waals surface area contributed by atoms with Crippen LogP contribution < -0.4 is 0 Å². The fraction of sp³-hybridized carbons (Fsp3) is 1.00. The first-order valence-electron chi connectivity index (χ1n) is 8.90. The molecule has 0 N–H and O–H groups in total. The van der Waals surface area contributed by atoms with Crippen molar-refractivity contribution in [1.82, 2.24) is 0 Å². The van der Waals surface area contributed by atoms with E-state index in [-0.39, 0.29) is 5.79 Å². The number of rotatable bonds is 12. The molecule has 0 amide bonds. The summed E-state index contributed by atoms with van der Waals surface area (Å²) in [6, 6.07) is 0. The second kappa shape index (κ2) is 10.6. The first kappa shape index (κ1) is 18.0. The lowest BCUT2D eigenvalue weighted by molar-refractivity contribution is -0.147. The van der Waals surface area contributed by atoms with Gasteiger partial charge in [0.05, 0.1) is 13.2 Å². The van der Waals surface area contributed by atoms with Crippen LogP contribution in [0.1, 0.15) is 91.4 Å². The van der Waals surface area contributed by atoms with Crippen LogP contribution in [0, 0.1) is 5.92 Å².